The fourth-order valence-corrected chi connectivity index (χ4v) is 1.36. The zero-order valence-electron chi connectivity index (χ0n) is 9.50. The van der Waals surface area contributed by atoms with Crippen LogP contribution in [0, 0.1) is 0 Å². The van der Waals surface area contributed by atoms with Crippen LogP contribution in [0.4, 0.5) is 4.39 Å². The van der Waals surface area contributed by atoms with Crippen molar-refractivity contribution in [2.24, 2.45) is 0 Å². The van der Waals surface area contributed by atoms with Crippen LogP contribution in [0.1, 0.15) is 30.9 Å². The van der Waals surface area contributed by atoms with Crippen LogP contribution in [0.25, 0.3) is 6.08 Å². The zero-order chi connectivity index (χ0) is 12.1. The molecule has 1 aromatic carbocycles. The van der Waals surface area contributed by atoms with E-state index in [9.17, 15) is 9.18 Å². The predicted molar refractivity (Wildman–Crippen MR) is 62.2 cm³/mol. The molecule has 0 bridgehead atoms. The largest absolute Gasteiger partial charge is 0.427 e. The Morgan fingerprint density at radius 2 is 2.25 bits per heavy atom. The first-order valence-electron chi connectivity index (χ1n) is 5.08. The monoisotopic (exact) mass is 222 g/mol. The average Bonchev–Trinajstić information content (AvgIpc) is 2.26. The Labute approximate surface area is 94.7 Å². The first kappa shape index (κ1) is 12.4. The molecule has 0 saturated heterocycles. The van der Waals surface area contributed by atoms with E-state index >= 15 is 0 Å². The lowest BCUT2D eigenvalue weighted by atomic mass is 10.00. The molecule has 1 aromatic rings. The molecule has 0 saturated carbocycles. The van der Waals surface area contributed by atoms with Crippen LogP contribution in [0.2, 0.25) is 0 Å². The minimum Gasteiger partial charge on any atom is -0.427 e. The first-order valence-corrected chi connectivity index (χ1v) is 5.08. The number of benzene rings is 1. The van der Waals surface area contributed by atoms with Crippen LogP contribution in [-0.2, 0) is 4.79 Å². The van der Waals surface area contributed by atoms with E-state index < -0.39 is 6.67 Å². The Kier molecular flexibility index (Phi) is 4.23. The highest BCUT2D eigenvalue weighted by molar-refractivity contribution is 5.70. The van der Waals surface area contributed by atoms with Crippen molar-refractivity contribution in [3.8, 4) is 5.75 Å². The highest BCUT2D eigenvalue weighted by Gasteiger charge is 2.08. The summed E-state index contributed by atoms with van der Waals surface area (Å²) in [5.41, 5.74) is 1.62. The molecular formula is C13H15FO2. The van der Waals surface area contributed by atoms with Crippen LogP contribution in [-0.4, -0.2) is 12.6 Å². The van der Waals surface area contributed by atoms with Gasteiger partial charge in [-0.05, 0) is 23.3 Å². The van der Waals surface area contributed by atoms with Crippen LogP contribution in [0.3, 0.4) is 0 Å². The third kappa shape index (κ3) is 3.19. The summed E-state index contributed by atoms with van der Waals surface area (Å²) in [7, 11) is 0. The minimum atomic E-state index is -0.444. The van der Waals surface area contributed by atoms with Gasteiger partial charge in [0.25, 0.3) is 0 Å². The number of rotatable bonds is 4. The molecule has 0 N–H and O–H groups in total. The molecule has 1 atom stereocenters. The molecule has 1 unspecified atom stereocenters. The van der Waals surface area contributed by atoms with Gasteiger partial charge in [-0.25, -0.2) is 0 Å². The summed E-state index contributed by atoms with van der Waals surface area (Å²) in [5, 5.41) is 0. The molecule has 0 aromatic heterocycles. The summed E-state index contributed by atoms with van der Waals surface area (Å²) in [5.74, 6) is -0.172. The predicted octanol–water partition coefficient (Wildman–Crippen LogP) is 3.33. The van der Waals surface area contributed by atoms with E-state index in [2.05, 4.69) is 6.58 Å². The van der Waals surface area contributed by atoms with Crippen molar-refractivity contribution in [2.75, 3.05) is 6.67 Å². The normalized spacial score (nSPS) is 11.9. The molecule has 0 spiro atoms. The zero-order valence-corrected chi connectivity index (χ0v) is 9.50. The van der Waals surface area contributed by atoms with Crippen molar-refractivity contribution in [3.63, 3.8) is 0 Å². The molecule has 0 amide bonds. The molecule has 0 radical (unpaired) electrons. The van der Waals surface area contributed by atoms with Crippen LogP contribution >= 0.6 is 0 Å². The Hall–Kier alpha value is -1.64. The van der Waals surface area contributed by atoms with E-state index in [-0.39, 0.29) is 11.9 Å². The second kappa shape index (κ2) is 5.45. The maximum absolute atomic E-state index is 12.6. The van der Waals surface area contributed by atoms with Crippen LogP contribution in [0.15, 0.2) is 24.8 Å². The molecule has 0 fully saturated rings. The smallest absolute Gasteiger partial charge is 0.308 e. The number of halogens is 1. The standard InChI is InChI=1S/C13H15FO2/c1-4-11-5-12(9(2)8-14)7-13(6-11)16-10(3)15/h4-7,9H,1,8H2,2-3H3. The third-order valence-corrected chi connectivity index (χ3v) is 2.25. The lowest BCUT2D eigenvalue weighted by Crippen LogP contribution is -2.03. The average molecular weight is 222 g/mol. The molecule has 86 valence electrons. The van der Waals surface area contributed by atoms with Gasteiger partial charge in [0.05, 0.1) is 6.67 Å². The molecule has 0 heterocycles. The Balaban J connectivity index is 3.09. The molecule has 2 nitrogen and oxygen atoms in total. The second-order valence-electron chi connectivity index (χ2n) is 3.69. The van der Waals surface area contributed by atoms with Gasteiger partial charge in [0, 0.05) is 12.8 Å². The Morgan fingerprint density at radius 3 is 2.75 bits per heavy atom. The lowest BCUT2D eigenvalue weighted by molar-refractivity contribution is -0.131. The molecule has 0 aliphatic carbocycles. The van der Waals surface area contributed by atoms with Crippen molar-refractivity contribution in [1.29, 1.82) is 0 Å². The maximum Gasteiger partial charge on any atom is 0.308 e. The van der Waals surface area contributed by atoms with Gasteiger partial charge in [-0.1, -0.05) is 25.6 Å². The molecule has 3 heteroatoms. The van der Waals surface area contributed by atoms with E-state index in [4.69, 9.17) is 4.74 Å². The highest BCUT2D eigenvalue weighted by atomic mass is 19.1. The van der Waals surface area contributed by atoms with Crippen molar-refractivity contribution < 1.29 is 13.9 Å². The number of carbonyl (C=O) groups is 1. The first-order chi connectivity index (χ1) is 7.56. The number of esters is 1. The summed E-state index contributed by atoms with van der Waals surface area (Å²) in [6.07, 6.45) is 1.64. The molecule has 0 aliphatic heterocycles. The van der Waals surface area contributed by atoms with Crippen LogP contribution in [0.5, 0.6) is 5.75 Å². The summed E-state index contributed by atoms with van der Waals surface area (Å²) in [6, 6.07) is 5.21. The quantitative estimate of drug-likeness (QED) is 0.577. The van der Waals surface area contributed by atoms with Gasteiger partial charge in [0.2, 0.25) is 0 Å². The lowest BCUT2D eigenvalue weighted by Gasteiger charge is -2.11. The van der Waals surface area contributed by atoms with Gasteiger partial charge in [-0.15, -0.1) is 0 Å². The number of ether oxygens (including phenoxy) is 1. The van der Waals surface area contributed by atoms with Gasteiger partial charge in [0.1, 0.15) is 5.75 Å². The van der Waals surface area contributed by atoms with E-state index in [0.29, 0.717) is 5.75 Å². The summed E-state index contributed by atoms with van der Waals surface area (Å²) < 4.78 is 17.6. The fourth-order valence-electron chi connectivity index (χ4n) is 1.36. The number of alkyl halides is 1. The van der Waals surface area contributed by atoms with Crippen LogP contribution < -0.4 is 4.74 Å². The number of hydrogen-bond acceptors (Lipinski definition) is 2. The summed E-state index contributed by atoms with van der Waals surface area (Å²) in [6.45, 7) is 6.31. The van der Waals surface area contributed by atoms with Gasteiger partial charge in [-0.2, -0.15) is 0 Å². The van der Waals surface area contributed by atoms with E-state index in [1.807, 2.05) is 6.07 Å². The van der Waals surface area contributed by atoms with Gasteiger partial charge in [-0.3, -0.25) is 9.18 Å². The summed E-state index contributed by atoms with van der Waals surface area (Å²) in [4.78, 5) is 10.8. The van der Waals surface area contributed by atoms with Gasteiger partial charge < -0.3 is 4.74 Å². The van der Waals surface area contributed by atoms with Gasteiger partial charge >= 0.3 is 5.97 Å². The summed E-state index contributed by atoms with van der Waals surface area (Å²) >= 11 is 0. The topological polar surface area (TPSA) is 26.3 Å². The van der Waals surface area contributed by atoms with Crippen molar-refractivity contribution in [1.82, 2.24) is 0 Å². The van der Waals surface area contributed by atoms with Gasteiger partial charge in [0.15, 0.2) is 0 Å². The maximum atomic E-state index is 12.6. The Morgan fingerprint density at radius 1 is 1.56 bits per heavy atom. The SMILES string of the molecule is C=Cc1cc(OC(C)=O)cc(C(C)CF)c1. The highest BCUT2D eigenvalue weighted by Crippen LogP contribution is 2.24. The third-order valence-electron chi connectivity index (χ3n) is 2.25. The van der Waals surface area contributed by atoms with Crippen molar-refractivity contribution in [3.05, 3.63) is 35.9 Å². The van der Waals surface area contributed by atoms with E-state index in [1.165, 1.54) is 6.92 Å². The molecule has 16 heavy (non-hydrogen) atoms. The van der Waals surface area contributed by atoms with Crippen molar-refractivity contribution >= 4 is 12.0 Å². The minimum absolute atomic E-state index is 0.214. The molecular weight excluding hydrogens is 207 g/mol. The Bertz CT molecular complexity index is 399. The molecule has 1 rings (SSSR count). The second-order valence-corrected chi connectivity index (χ2v) is 3.69. The van der Waals surface area contributed by atoms with E-state index in [1.54, 1.807) is 25.1 Å². The fraction of sp³-hybridized carbons (Fsp3) is 0.308. The number of hydrogen-bond donors (Lipinski definition) is 0. The van der Waals surface area contributed by atoms with E-state index in [0.717, 1.165) is 11.1 Å². The molecule has 0 aliphatic rings. The van der Waals surface area contributed by atoms with Crippen molar-refractivity contribution in [2.45, 2.75) is 19.8 Å². The number of carbonyl (C=O) groups excluding carboxylic acids is 1.